The summed E-state index contributed by atoms with van der Waals surface area (Å²) < 4.78 is 24.4. The number of amides is 1. The van der Waals surface area contributed by atoms with Crippen LogP contribution >= 0.6 is 0 Å². The molecule has 2 heterocycles. The first-order valence-electron chi connectivity index (χ1n) is 17.0. The number of ether oxygens (including phenoxy) is 4. The number of rotatable bonds is 13. The van der Waals surface area contributed by atoms with Gasteiger partial charge in [0.2, 0.25) is 5.91 Å². The molecule has 0 unspecified atom stereocenters. The molecule has 0 spiro atoms. The van der Waals surface area contributed by atoms with Gasteiger partial charge >= 0.3 is 5.97 Å². The summed E-state index contributed by atoms with van der Waals surface area (Å²) >= 11 is 0. The van der Waals surface area contributed by atoms with Gasteiger partial charge in [-0.1, -0.05) is 66.7 Å². The third-order valence-corrected chi connectivity index (χ3v) is 9.37. The Labute approximate surface area is 292 Å². The highest BCUT2D eigenvalue weighted by Gasteiger charge is 2.34. The first-order chi connectivity index (χ1) is 24.3. The topological polar surface area (TPSA) is 127 Å². The molecule has 0 bridgehead atoms. The number of aliphatic hydroxyl groups excluding tert-OH is 1. The maximum atomic E-state index is 12.0. The van der Waals surface area contributed by atoms with Crippen molar-refractivity contribution in [3.63, 3.8) is 0 Å². The number of carboxylic acid groups (broad SMARTS) is 1. The van der Waals surface area contributed by atoms with Crippen LogP contribution in [0.5, 0.6) is 11.5 Å². The Morgan fingerprint density at radius 1 is 0.840 bits per heavy atom. The van der Waals surface area contributed by atoms with Crippen molar-refractivity contribution in [1.82, 2.24) is 10.2 Å². The van der Waals surface area contributed by atoms with Gasteiger partial charge in [0.25, 0.3) is 0 Å². The minimum Gasteiger partial charge on any atom is -0.493 e. The quantitative estimate of drug-likeness (QED) is 0.157. The monoisotopic (exact) mass is 680 g/mol. The largest absolute Gasteiger partial charge is 0.493 e. The van der Waals surface area contributed by atoms with E-state index in [9.17, 15) is 14.7 Å². The molecule has 10 nitrogen and oxygen atoms in total. The fraction of sp³-hybridized carbons (Fsp3) is 0.350. The summed E-state index contributed by atoms with van der Waals surface area (Å²) in [7, 11) is 3.32. The smallest absolute Gasteiger partial charge is 0.303 e. The summed E-state index contributed by atoms with van der Waals surface area (Å²) in [5.74, 6) is 0.203. The van der Waals surface area contributed by atoms with Gasteiger partial charge in [-0.2, -0.15) is 0 Å². The second kappa shape index (κ2) is 16.3. The highest BCUT2D eigenvalue weighted by molar-refractivity contribution is 5.80. The number of carbonyl (C=O) groups is 2. The molecule has 1 saturated heterocycles. The van der Waals surface area contributed by atoms with E-state index in [1.165, 1.54) is 11.1 Å². The van der Waals surface area contributed by atoms with E-state index < -0.39 is 12.3 Å². The summed E-state index contributed by atoms with van der Waals surface area (Å²) in [6.45, 7) is 2.75. The van der Waals surface area contributed by atoms with E-state index in [-0.39, 0.29) is 37.6 Å². The minimum atomic E-state index is -0.992. The van der Waals surface area contributed by atoms with Gasteiger partial charge < -0.3 is 34.5 Å². The molecule has 10 heteroatoms. The Balaban J connectivity index is 1.16. The number of fused-ring (bicyclic) bond motifs is 1. The van der Waals surface area contributed by atoms with Crippen LogP contribution in [0.2, 0.25) is 0 Å². The zero-order chi connectivity index (χ0) is 35.0. The molecule has 1 amide bonds. The average molecular weight is 681 g/mol. The fourth-order valence-electron chi connectivity index (χ4n) is 6.62. The van der Waals surface area contributed by atoms with Crippen LogP contribution in [0.25, 0.3) is 11.1 Å². The number of nitrogens with one attached hydrogen (secondary N) is 1. The molecule has 3 atom stereocenters. The van der Waals surface area contributed by atoms with Crippen molar-refractivity contribution in [2.24, 2.45) is 0 Å². The molecule has 1 fully saturated rings. The molecule has 0 radical (unpaired) electrons. The van der Waals surface area contributed by atoms with Crippen molar-refractivity contribution in [3.8, 4) is 22.6 Å². The molecular formula is C40H44N2O8. The van der Waals surface area contributed by atoms with Crippen molar-refractivity contribution in [2.75, 3.05) is 27.3 Å². The van der Waals surface area contributed by atoms with Gasteiger partial charge in [-0.15, -0.1) is 0 Å². The molecule has 0 saturated carbocycles. The van der Waals surface area contributed by atoms with Crippen molar-refractivity contribution >= 4 is 11.9 Å². The number of aliphatic hydroxyl groups is 1. The molecule has 2 aliphatic heterocycles. The van der Waals surface area contributed by atoms with Gasteiger partial charge in [0, 0.05) is 44.6 Å². The van der Waals surface area contributed by atoms with Gasteiger partial charge in [0.15, 0.2) is 17.8 Å². The third kappa shape index (κ3) is 8.70. The van der Waals surface area contributed by atoms with Crippen LogP contribution in [0, 0.1) is 0 Å². The van der Waals surface area contributed by atoms with Crippen LogP contribution in [0.4, 0.5) is 0 Å². The van der Waals surface area contributed by atoms with Crippen LogP contribution in [0.15, 0.2) is 84.9 Å². The maximum absolute atomic E-state index is 12.0. The molecule has 3 N–H and O–H groups in total. The van der Waals surface area contributed by atoms with E-state index in [4.69, 9.17) is 24.1 Å². The number of carboxylic acids is 1. The van der Waals surface area contributed by atoms with E-state index in [2.05, 4.69) is 22.3 Å². The molecule has 262 valence electrons. The number of methoxy groups -OCH3 is 2. The minimum absolute atomic E-state index is 0.00998. The predicted molar refractivity (Wildman–Crippen MR) is 188 cm³/mol. The zero-order valence-corrected chi connectivity index (χ0v) is 28.5. The summed E-state index contributed by atoms with van der Waals surface area (Å²) in [6, 6.07) is 28.2. The van der Waals surface area contributed by atoms with Crippen LogP contribution < -0.4 is 14.8 Å². The van der Waals surface area contributed by atoms with Gasteiger partial charge in [-0.25, -0.2) is 0 Å². The van der Waals surface area contributed by atoms with Crippen molar-refractivity contribution in [1.29, 1.82) is 0 Å². The lowest BCUT2D eigenvalue weighted by atomic mass is 9.96. The lowest BCUT2D eigenvalue weighted by Crippen LogP contribution is -2.41. The highest BCUT2D eigenvalue weighted by atomic mass is 16.7. The molecule has 0 aliphatic carbocycles. The first kappa shape index (κ1) is 35.1. The molecular weight excluding hydrogens is 636 g/mol. The second-order valence-corrected chi connectivity index (χ2v) is 12.8. The summed E-state index contributed by atoms with van der Waals surface area (Å²) in [4.78, 5) is 25.2. The standard InChI is InChI=1S/C40H44N2O8/c1-47-36-19-32-16-17-42(23-33(32)20-37(36)48-2)24-34-21-35(29-8-6-26(25-43)7-9-29)50-40(49-34)30-12-10-28(11-13-30)31-5-3-4-27(18-31)22-41-38(44)14-15-39(45)46/h3-13,18-20,34-35,40,43H,14-17,21-25H2,1-2H3,(H,41,44)(H,45,46)/t34-,35+,40+/m1/s1. The van der Waals surface area contributed by atoms with Gasteiger partial charge in [0.1, 0.15) is 0 Å². The predicted octanol–water partition coefficient (Wildman–Crippen LogP) is 5.95. The van der Waals surface area contributed by atoms with E-state index >= 15 is 0 Å². The SMILES string of the molecule is COc1cc2c(cc1OC)CN(C[C@H]1C[C@@H](c3ccc(CO)cc3)O[C@@H](c3ccc(-c4cccc(CNC(=O)CCC(=O)O)c4)cc3)O1)CC2. The van der Waals surface area contributed by atoms with E-state index in [0.29, 0.717) is 13.0 Å². The van der Waals surface area contributed by atoms with Crippen molar-refractivity contribution < 1.29 is 38.7 Å². The number of hydrogen-bond acceptors (Lipinski definition) is 8. The molecule has 2 aliphatic rings. The van der Waals surface area contributed by atoms with Crippen LogP contribution in [-0.4, -0.2) is 60.4 Å². The van der Waals surface area contributed by atoms with Crippen molar-refractivity contribution in [3.05, 3.63) is 118 Å². The number of benzene rings is 4. The third-order valence-electron chi connectivity index (χ3n) is 9.37. The van der Waals surface area contributed by atoms with Gasteiger partial charge in [-0.05, 0) is 63.6 Å². The fourth-order valence-corrected chi connectivity index (χ4v) is 6.62. The Bertz CT molecular complexity index is 1780. The van der Waals surface area contributed by atoms with Crippen LogP contribution in [-0.2, 0) is 45.2 Å². The second-order valence-electron chi connectivity index (χ2n) is 12.8. The van der Waals surface area contributed by atoms with Gasteiger partial charge in [-0.3, -0.25) is 14.5 Å². The molecule has 6 rings (SSSR count). The van der Waals surface area contributed by atoms with E-state index in [1.807, 2.05) is 72.8 Å². The van der Waals surface area contributed by atoms with E-state index in [0.717, 1.165) is 70.9 Å². The average Bonchev–Trinajstić information content (AvgIpc) is 3.15. The van der Waals surface area contributed by atoms with E-state index in [1.54, 1.807) is 14.2 Å². The summed E-state index contributed by atoms with van der Waals surface area (Å²) in [5, 5.41) is 21.2. The van der Waals surface area contributed by atoms with Crippen LogP contribution in [0.1, 0.15) is 65.0 Å². The Kier molecular flexibility index (Phi) is 11.5. The number of carbonyl (C=O) groups excluding carboxylic acids is 1. The summed E-state index contributed by atoms with van der Waals surface area (Å²) in [6.07, 6.45) is 0.529. The van der Waals surface area contributed by atoms with Crippen molar-refractivity contribution in [2.45, 2.75) is 63.9 Å². The first-order valence-corrected chi connectivity index (χ1v) is 17.0. The van der Waals surface area contributed by atoms with Gasteiger partial charge in [0.05, 0.1) is 39.5 Å². The zero-order valence-electron chi connectivity index (χ0n) is 28.5. The lowest BCUT2D eigenvalue weighted by molar-refractivity contribution is -0.253. The molecule has 4 aromatic rings. The number of hydrogen-bond donors (Lipinski definition) is 3. The highest BCUT2D eigenvalue weighted by Crippen LogP contribution is 2.40. The normalized spacial score (nSPS) is 19.0. The van der Waals surface area contributed by atoms with Crippen LogP contribution in [0.3, 0.4) is 0 Å². The molecule has 4 aromatic carbocycles. The number of aliphatic carboxylic acids is 1. The Morgan fingerprint density at radius 2 is 1.56 bits per heavy atom. The molecule has 50 heavy (non-hydrogen) atoms. The summed E-state index contributed by atoms with van der Waals surface area (Å²) in [5.41, 5.74) is 8.25. The lowest BCUT2D eigenvalue weighted by Gasteiger charge is -2.39. The molecule has 0 aromatic heterocycles. The Hall–Kier alpha value is -4.74. The Morgan fingerprint density at radius 3 is 2.26 bits per heavy atom. The number of nitrogens with zero attached hydrogens (tertiary/aromatic N) is 1. The maximum Gasteiger partial charge on any atom is 0.303 e.